The summed E-state index contributed by atoms with van der Waals surface area (Å²) < 4.78 is 12.8. The van der Waals surface area contributed by atoms with Gasteiger partial charge in [-0.2, -0.15) is 0 Å². The van der Waals surface area contributed by atoms with Crippen molar-refractivity contribution in [3.63, 3.8) is 0 Å². The minimum atomic E-state index is -1.23. The highest BCUT2D eigenvalue weighted by atomic mass is 79.9. The maximum atomic E-state index is 14.3. The number of carbonyl (C=O) groups excluding carboxylic acids is 4. The van der Waals surface area contributed by atoms with Gasteiger partial charge in [0.25, 0.3) is 0 Å². The minimum absolute atomic E-state index is 0.0377. The van der Waals surface area contributed by atoms with Crippen LogP contribution >= 0.6 is 15.9 Å². The normalized spacial score (nSPS) is 28.0. The highest BCUT2D eigenvalue weighted by Gasteiger charge is 2.77. The Bertz CT molecular complexity index is 1260. The zero-order valence-corrected chi connectivity index (χ0v) is 28.0. The number of allylic oxidation sites excluding steroid dienone is 1. The number of nitrogens with zero attached hydrogens (tertiary/aromatic N) is 2. The number of nitrogens with one attached hydrogen (secondary N) is 1. The molecule has 2 bridgehead atoms. The fourth-order valence-electron chi connectivity index (χ4n) is 7.10. The van der Waals surface area contributed by atoms with Gasteiger partial charge in [-0.3, -0.25) is 19.2 Å². The van der Waals surface area contributed by atoms with Crippen LogP contribution in [0.25, 0.3) is 0 Å². The number of halogens is 1. The lowest BCUT2D eigenvalue weighted by atomic mass is 9.70. The van der Waals surface area contributed by atoms with Crippen LogP contribution in [0, 0.1) is 11.8 Å². The maximum absolute atomic E-state index is 14.3. The second kappa shape index (κ2) is 15.0. The topological polar surface area (TPSA) is 125 Å². The number of fused-ring (bicyclic) bond motifs is 1. The Kier molecular flexibility index (Phi) is 11.7. The number of benzene rings is 1. The van der Waals surface area contributed by atoms with Gasteiger partial charge in [-0.25, -0.2) is 0 Å². The summed E-state index contributed by atoms with van der Waals surface area (Å²) in [4.78, 5) is 58.3. The van der Waals surface area contributed by atoms with Crippen molar-refractivity contribution < 1.29 is 33.8 Å². The van der Waals surface area contributed by atoms with E-state index in [9.17, 15) is 24.3 Å². The molecule has 3 fully saturated rings. The molecule has 4 rings (SSSR count). The summed E-state index contributed by atoms with van der Waals surface area (Å²) in [5, 5.41) is 12.4. The van der Waals surface area contributed by atoms with Crippen molar-refractivity contribution in [2.24, 2.45) is 11.8 Å². The number of hydrogen-bond donors (Lipinski definition) is 2. The van der Waals surface area contributed by atoms with Crippen LogP contribution in [-0.4, -0.2) is 93.0 Å². The molecule has 0 radical (unpaired) electrons. The summed E-state index contributed by atoms with van der Waals surface area (Å²) in [6.45, 7) is 13.6. The first kappa shape index (κ1) is 34.8. The molecule has 1 unspecified atom stereocenters. The molecule has 8 atom stereocenters. The van der Waals surface area contributed by atoms with E-state index in [1.54, 1.807) is 28.9 Å². The van der Waals surface area contributed by atoms with Crippen molar-refractivity contribution in [3.05, 3.63) is 61.2 Å². The first-order valence-corrected chi connectivity index (χ1v) is 16.7. The van der Waals surface area contributed by atoms with E-state index in [0.29, 0.717) is 37.8 Å². The van der Waals surface area contributed by atoms with Crippen molar-refractivity contribution >= 4 is 39.6 Å². The summed E-state index contributed by atoms with van der Waals surface area (Å²) in [5.74, 6) is -3.26. The van der Waals surface area contributed by atoms with Crippen LogP contribution in [0.4, 0.5) is 0 Å². The Labute approximate surface area is 274 Å². The monoisotopic (exact) mass is 687 g/mol. The molecule has 0 saturated carbocycles. The molecule has 3 amide bonds. The predicted octanol–water partition coefficient (Wildman–Crippen LogP) is 3.69. The number of amides is 3. The third kappa shape index (κ3) is 6.90. The molecular weight excluding hydrogens is 642 g/mol. The van der Waals surface area contributed by atoms with Crippen LogP contribution in [-0.2, 0) is 28.7 Å². The number of hydrogen-bond acceptors (Lipinski definition) is 7. The number of aliphatic hydroxyl groups excluding tert-OH is 1. The Morgan fingerprint density at radius 3 is 2.53 bits per heavy atom. The number of esters is 1. The number of alkyl halides is 1. The Morgan fingerprint density at radius 2 is 1.91 bits per heavy atom. The van der Waals surface area contributed by atoms with E-state index in [1.807, 2.05) is 44.2 Å². The number of likely N-dealkylation sites (tertiary alicyclic amines) is 1. The van der Waals surface area contributed by atoms with Gasteiger partial charge in [-0.1, -0.05) is 58.4 Å². The van der Waals surface area contributed by atoms with Gasteiger partial charge in [0.1, 0.15) is 17.7 Å². The smallest absolute Gasteiger partial charge is 0.313 e. The third-order valence-corrected chi connectivity index (χ3v) is 9.97. The molecule has 11 heteroatoms. The molecule has 1 spiro atoms. The van der Waals surface area contributed by atoms with Crippen molar-refractivity contribution in [1.82, 2.24) is 15.1 Å². The zero-order valence-electron chi connectivity index (χ0n) is 26.4. The van der Waals surface area contributed by atoms with Crippen LogP contribution in [0.3, 0.4) is 0 Å². The van der Waals surface area contributed by atoms with E-state index in [-0.39, 0.29) is 48.2 Å². The quantitative estimate of drug-likeness (QED) is 0.118. The summed E-state index contributed by atoms with van der Waals surface area (Å²) in [6.07, 6.45) is 3.93. The molecule has 3 saturated heterocycles. The lowest BCUT2D eigenvalue weighted by Crippen LogP contribution is -2.58. The van der Waals surface area contributed by atoms with Gasteiger partial charge in [-0.15, -0.1) is 13.2 Å². The first-order chi connectivity index (χ1) is 21.5. The predicted molar refractivity (Wildman–Crippen MR) is 173 cm³/mol. The van der Waals surface area contributed by atoms with Crippen LogP contribution in [0.5, 0.6) is 0 Å². The highest BCUT2D eigenvalue weighted by Crippen LogP contribution is 2.60. The number of ether oxygens (including phenoxy) is 2. The average Bonchev–Trinajstić information content (AvgIpc) is 3.60. The molecule has 1 aromatic carbocycles. The number of unbranched alkanes of at least 4 members (excludes halogenated alkanes) is 1. The van der Waals surface area contributed by atoms with Crippen LogP contribution in [0.15, 0.2) is 55.6 Å². The Hall–Kier alpha value is -3.02. The first-order valence-electron chi connectivity index (χ1n) is 15.8. The van der Waals surface area contributed by atoms with Crippen LogP contribution < -0.4 is 5.32 Å². The fraction of sp³-hybridized carbons (Fsp3) is 0.588. The maximum Gasteiger partial charge on any atom is 0.313 e. The molecular formula is C34H46BrN3O7. The van der Waals surface area contributed by atoms with E-state index in [4.69, 9.17) is 9.47 Å². The van der Waals surface area contributed by atoms with E-state index in [2.05, 4.69) is 34.4 Å². The van der Waals surface area contributed by atoms with Gasteiger partial charge in [0.15, 0.2) is 0 Å². The van der Waals surface area contributed by atoms with Gasteiger partial charge in [0.05, 0.1) is 24.0 Å². The molecule has 246 valence electrons. The summed E-state index contributed by atoms with van der Waals surface area (Å²) in [6, 6.07) is 7.51. The number of carbonyl (C=O) groups is 4. The number of rotatable bonds is 16. The summed E-state index contributed by atoms with van der Waals surface area (Å²) in [7, 11) is 0. The van der Waals surface area contributed by atoms with Gasteiger partial charge >= 0.3 is 5.97 Å². The molecule has 3 aliphatic rings. The highest BCUT2D eigenvalue weighted by molar-refractivity contribution is 9.09. The Morgan fingerprint density at radius 1 is 1.20 bits per heavy atom. The molecule has 10 nitrogen and oxygen atoms in total. The average molecular weight is 689 g/mol. The van der Waals surface area contributed by atoms with E-state index in [0.717, 1.165) is 0 Å². The molecule has 45 heavy (non-hydrogen) atoms. The standard InChI is InChI=1S/C34H46BrN3O7/c1-6-8-16-25(40)36-22(5)28(23-14-10-9-11-15-23)44-33(43)26-27-31(41)38(18-12-13-19-39)30(32(42)37(17-7-2)21(3)4)34(27)20-24(35)29(26)45-34/h6-7,9-11,14-15,21-22,24,26-30,39H,1-2,8,12-13,16-20H2,3-5H3,(H,36,40)/t22-,24?,26+,27-,28-,29+,30+,34-/m1/s1. The zero-order chi connectivity index (χ0) is 32.9. The molecule has 2 N–H and O–H groups in total. The van der Waals surface area contributed by atoms with E-state index in [1.165, 1.54) is 0 Å². The summed E-state index contributed by atoms with van der Waals surface area (Å²) >= 11 is 3.71. The lowest BCUT2D eigenvalue weighted by molar-refractivity contribution is -0.162. The van der Waals surface area contributed by atoms with E-state index >= 15 is 0 Å². The van der Waals surface area contributed by atoms with Crippen molar-refractivity contribution in [3.8, 4) is 0 Å². The molecule has 1 aromatic rings. The fourth-order valence-corrected chi connectivity index (χ4v) is 8.05. The van der Waals surface area contributed by atoms with Crippen LogP contribution in [0.2, 0.25) is 0 Å². The van der Waals surface area contributed by atoms with Gasteiger partial charge in [-0.05, 0) is 52.0 Å². The lowest BCUT2D eigenvalue weighted by Gasteiger charge is -2.38. The second-order valence-electron chi connectivity index (χ2n) is 12.5. The second-order valence-corrected chi connectivity index (χ2v) is 13.6. The molecule has 3 aliphatic heterocycles. The minimum Gasteiger partial charge on any atom is -0.455 e. The van der Waals surface area contributed by atoms with E-state index < -0.39 is 47.7 Å². The van der Waals surface area contributed by atoms with Crippen LogP contribution in [0.1, 0.15) is 64.5 Å². The van der Waals surface area contributed by atoms with Crippen molar-refractivity contribution in [2.75, 3.05) is 19.7 Å². The molecule has 0 aliphatic carbocycles. The largest absolute Gasteiger partial charge is 0.455 e. The Balaban J connectivity index is 1.68. The van der Waals surface area contributed by atoms with Crippen molar-refractivity contribution in [2.45, 2.75) is 93.6 Å². The van der Waals surface area contributed by atoms with Gasteiger partial charge < -0.3 is 29.7 Å². The van der Waals surface area contributed by atoms with Gasteiger partial charge in [0.2, 0.25) is 17.7 Å². The third-order valence-electron chi connectivity index (χ3n) is 9.12. The number of aliphatic hydroxyl groups is 1. The molecule has 0 aromatic heterocycles. The van der Waals surface area contributed by atoms with Crippen molar-refractivity contribution in [1.29, 1.82) is 0 Å². The van der Waals surface area contributed by atoms with Gasteiger partial charge in [0, 0.05) is 37.0 Å². The SMILES string of the molecule is C=CCCC(=O)N[C@H](C)[C@@H](OC(=O)[C@@H]1[C@H]2O[C@@]3(CC2Br)[C@H](C(=O)N(CC=C)C(C)C)N(CCCCO)C(=O)[C@@H]13)c1ccccc1. The summed E-state index contributed by atoms with van der Waals surface area (Å²) in [5.41, 5.74) is -0.526. The molecule has 3 heterocycles.